The van der Waals surface area contributed by atoms with Gasteiger partial charge in [-0.25, -0.2) is 9.98 Å². The highest BCUT2D eigenvalue weighted by atomic mass is 16.5. The van der Waals surface area contributed by atoms with Crippen molar-refractivity contribution in [3.63, 3.8) is 0 Å². The van der Waals surface area contributed by atoms with Crippen molar-refractivity contribution in [2.75, 3.05) is 12.4 Å². The van der Waals surface area contributed by atoms with Crippen molar-refractivity contribution in [3.8, 4) is 17.4 Å². The number of anilines is 1. The molecule has 0 aliphatic heterocycles. The van der Waals surface area contributed by atoms with E-state index in [0.717, 1.165) is 23.4 Å². The molecular weight excluding hydrogens is 352 g/mol. The molecule has 0 aliphatic rings. The van der Waals surface area contributed by atoms with Crippen molar-refractivity contribution < 1.29 is 9.47 Å². The number of hydrogen-bond donors (Lipinski definition) is 2. The summed E-state index contributed by atoms with van der Waals surface area (Å²) in [7, 11) is 1.62. The normalized spacial score (nSPS) is 11.1. The Labute approximate surface area is 165 Å². The summed E-state index contributed by atoms with van der Waals surface area (Å²) in [5.74, 6) is 2.27. The Morgan fingerprint density at radius 1 is 1.04 bits per heavy atom. The minimum absolute atomic E-state index is 0.366. The van der Waals surface area contributed by atoms with Crippen LogP contribution >= 0.6 is 0 Å². The SMILES string of the molecule is CCc1cccc(NC(N)=NCc2ccc(Oc3cccc(OC)c3)nc2)c1. The maximum absolute atomic E-state index is 5.99. The van der Waals surface area contributed by atoms with E-state index in [9.17, 15) is 0 Å². The fourth-order valence-corrected chi connectivity index (χ4v) is 2.58. The van der Waals surface area contributed by atoms with Gasteiger partial charge in [-0.3, -0.25) is 0 Å². The Balaban J connectivity index is 1.58. The van der Waals surface area contributed by atoms with Gasteiger partial charge in [0.25, 0.3) is 0 Å². The van der Waals surface area contributed by atoms with Gasteiger partial charge in [-0.1, -0.05) is 31.2 Å². The van der Waals surface area contributed by atoms with E-state index in [1.807, 2.05) is 36.4 Å². The zero-order valence-corrected chi connectivity index (χ0v) is 16.1. The van der Waals surface area contributed by atoms with Crippen molar-refractivity contribution in [1.82, 2.24) is 4.98 Å². The fourth-order valence-electron chi connectivity index (χ4n) is 2.58. The average molecular weight is 376 g/mol. The summed E-state index contributed by atoms with van der Waals surface area (Å²) in [4.78, 5) is 8.69. The number of ether oxygens (including phenoxy) is 2. The van der Waals surface area contributed by atoms with Crippen molar-refractivity contribution in [2.24, 2.45) is 10.7 Å². The third-order valence-electron chi connectivity index (χ3n) is 4.10. The summed E-state index contributed by atoms with van der Waals surface area (Å²) < 4.78 is 10.9. The molecule has 0 radical (unpaired) electrons. The fraction of sp³-hybridized carbons (Fsp3) is 0.182. The lowest BCUT2D eigenvalue weighted by Crippen LogP contribution is -2.22. The summed E-state index contributed by atoms with van der Waals surface area (Å²) >= 11 is 0. The maximum atomic E-state index is 5.99. The van der Waals surface area contributed by atoms with Crippen molar-refractivity contribution in [3.05, 3.63) is 78.0 Å². The zero-order chi connectivity index (χ0) is 19.8. The molecule has 0 bridgehead atoms. The molecule has 28 heavy (non-hydrogen) atoms. The Kier molecular flexibility index (Phi) is 6.46. The zero-order valence-electron chi connectivity index (χ0n) is 16.1. The molecule has 1 aromatic heterocycles. The largest absolute Gasteiger partial charge is 0.497 e. The highest BCUT2D eigenvalue weighted by molar-refractivity contribution is 5.92. The quantitative estimate of drug-likeness (QED) is 0.473. The van der Waals surface area contributed by atoms with Gasteiger partial charge < -0.3 is 20.5 Å². The van der Waals surface area contributed by atoms with E-state index >= 15 is 0 Å². The third kappa shape index (κ3) is 5.48. The third-order valence-corrected chi connectivity index (χ3v) is 4.10. The van der Waals surface area contributed by atoms with Gasteiger partial charge >= 0.3 is 0 Å². The molecule has 0 aliphatic carbocycles. The Hall–Kier alpha value is -3.54. The number of methoxy groups -OCH3 is 1. The predicted octanol–water partition coefficient (Wildman–Crippen LogP) is 4.37. The molecular formula is C22H24N4O2. The first kappa shape index (κ1) is 19.2. The lowest BCUT2D eigenvalue weighted by atomic mass is 10.1. The van der Waals surface area contributed by atoms with Crippen LogP contribution < -0.4 is 20.5 Å². The molecule has 0 fully saturated rings. The van der Waals surface area contributed by atoms with Crippen molar-refractivity contribution in [1.29, 1.82) is 0 Å². The number of benzene rings is 2. The van der Waals surface area contributed by atoms with E-state index in [0.29, 0.717) is 24.1 Å². The van der Waals surface area contributed by atoms with Gasteiger partial charge in [0.2, 0.25) is 5.88 Å². The first-order chi connectivity index (χ1) is 13.7. The molecule has 3 rings (SSSR count). The molecule has 3 aromatic rings. The number of guanidine groups is 1. The van der Waals surface area contributed by atoms with Crippen LogP contribution in [-0.2, 0) is 13.0 Å². The minimum atomic E-state index is 0.366. The van der Waals surface area contributed by atoms with Crippen LogP contribution in [0, 0.1) is 0 Å². The van der Waals surface area contributed by atoms with Crippen molar-refractivity contribution >= 4 is 11.6 Å². The number of aliphatic imine (C=N–C) groups is 1. The number of nitrogens with two attached hydrogens (primary N) is 1. The molecule has 144 valence electrons. The molecule has 0 saturated heterocycles. The van der Waals surface area contributed by atoms with Crippen LogP contribution in [0.25, 0.3) is 0 Å². The van der Waals surface area contributed by atoms with Gasteiger partial charge in [0.1, 0.15) is 11.5 Å². The Morgan fingerprint density at radius 3 is 2.61 bits per heavy atom. The highest BCUT2D eigenvalue weighted by Gasteiger charge is 2.02. The molecule has 0 saturated carbocycles. The van der Waals surface area contributed by atoms with Gasteiger partial charge in [0.15, 0.2) is 5.96 Å². The van der Waals surface area contributed by atoms with Crippen LogP contribution in [0.3, 0.4) is 0 Å². The first-order valence-corrected chi connectivity index (χ1v) is 9.09. The van der Waals surface area contributed by atoms with Gasteiger partial charge in [-0.05, 0) is 41.8 Å². The van der Waals surface area contributed by atoms with E-state index in [1.165, 1.54) is 5.56 Å². The predicted molar refractivity (Wildman–Crippen MR) is 112 cm³/mol. The van der Waals surface area contributed by atoms with E-state index in [-0.39, 0.29) is 0 Å². The van der Waals surface area contributed by atoms with Crippen LogP contribution in [0.15, 0.2) is 71.9 Å². The number of rotatable bonds is 7. The monoisotopic (exact) mass is 376 g/mol. The smallest absolute Gasteiger partial charge is 0.219 e. The van der Waals surface area contributed by atoms with Gasteiger partial charge in [0.05, 0.1) is 13.7 Å². The Morgan fingerprint density at radius 2 is 1.86 bits per heavy atom. The number of aromatic nitrogens is 1. The van der Waals surface area contributed by atoms with E-state index < -0.39 is 0 Å². The van der Waals surface area contributed by atoms with Crippen LogP contribution in [0.5, 0.6) is 17.4 Å². The summed E-state index contributed by atoms with van der Waals surface area (Å²) in [6, 6.07) is 19.2. The van der Waals surface area contributed by atoms with Crippen LogP contribution in [0.2, 0.25) is 0 Å². The number of nitrogens with zero attached hydrogens (tertiary/aromatic N) is 2. The van der Waals surface area contributed by atoms with Crippen LogP contribution in [0.1, 0.15) is 18.1 Å². The topological polar surface area (TPSA) is 81.8 Å². The maximum Gasteiger partial charge on any atom is 0.219 e. The highest BCUT2D eigenvalue weighted by Crippen LogP contribution is 2.23. The lowest BCUT2D eigenvalue weighted by Gasteiger charge is -2.08. The molecule has 0 unspecified atom stereocenters. The summed E-state index contributed by atoms with van der Waals surface area (Å²) in [5, 5.41) is 3.11. The number of nitrogens with one attached hydrogen (secondary N) is 1. The second kappa shape index (κ2) is 9.41. The average Bonchev–Trinajstić information content (AvgIpc) is 2.73. The van der Waals surface area contributed by atoms with E-state index in [1.54, 1.807) is 25.4 Å². The molecule has 6 nitrogen and oxygen atoms in total. The van der Waals surface area contributed by atoms with E-state index in [2.05, 4.69) is 34.3 Å². The molecule has 2 aromatic carbocycles. The lowest BCUT2D eigenvalue weighted by molar-refractivity contribution is 0.407. The van der Waals surface area contributed by atoms with Gasteiger partial charge in [-0.15, -0.1) is 0 Å². The van der Waals surface area contributed by atoms with E-state index in [4.69, 9.17) is 15.2 Å². The number of hydrogen-bond acceptors (Lipinski definition) is 4. The summed E-state index contributed by atoms with van der Waals surface area (Å²) in [5.41, 5.74) is 9.10. The van der Waals surface area contributed by atoms with Gasteiger partial charge in [0, 0.05) is 24.0 Å². The summed E-state index contributed by atoms with van der Waals surface area (Å²) in [6.45, 7) is 2.55. The van der Waals surface area contributed by atoms with Crippen molar-refractivity contribution in [2.45, 2.75) is 19.9 Å². The summed E-state index contributed by atoms with van der Waals surface area (Å²) in [6.07, 6.45) is 2.70. The molecule has 6 heteroatoms. The molecule has 3 N–H and O–H groups in total. The van der Waals surface area contributed by atoms with Gasteiger partial charge in [-0.2, -0.15) is 0 Å². The number of pyridine rings is 1. The second-order valence-corrected chi connectivity index (χ2v) is 6.17. The van der Waals surface area contributed by atoms with Crippen LogP contribution in [0.4, 0.5) is 5.69 Å². The second-order valence-electron chi connectivity index (χ2n) is 6.17. The molecule has 1 heterocycles. The molecule has 0 spiro atoms. The molecule has 0 amide bonds. The first-order valence-electron chi connectivity index (χ1n) is 9.09. The standard InChI is InChI=1S/C22H24N4O2/c1-3-16-6-4-7-18(12-16)26-22(23)25-15-17-10-11-21(24-14-17)28-20-9-5-8-19(13-20)27-2/h4-14H,3,15H2,1-2H3,(H3,23,25,26). The number of aryl methyl sites for hydroxylation is 1. The molecule has 0 atom stereocenters. The minimum Gasteiger partial charge on any atom is -0.497 e. The van der Waals surface area contributed by atoms with Crippen LogP contribution in [-0.4, -0.2) is 18.1 Å². The Bertz CT molecular complexity index is 939.